The Labute approximate surface area is 152 Å². The van der Waals surface area contributed by atoms with E-state index in [1.54, 1.807) is 15.7 Å². The fourth-order valence-corrected chi connectivity index (χ4v) is 4.00. The number of likely N-dealkylation sites (N-methyl/N-ethyl adjacent to an activating group) is 1. The summed E-state index contributed by atoms with van der Waals surface area (Å²) in [5, 5.41) is 12.8. The van der Waals surface area contributed by atoms with Gasteiger partial charge < -0.3 is 9.80 Å². The number of nitrogens with zero attached hydrogens (tertiary/aromatic N) is 7. The van der Waals surface area contributed by atoms with Gasteiger partial charge in [0.1, 0.15) is 12.1 Å². The number of hydrogen-bond acceptors (Lipinski definition) is 7. The third-order valence-corrected chi connectivity index (χ3v) is 5.70. The lowest BCUT2D eigenvalue weighted by Gasteiger charge is -2.44. The molecule has 3 aromatic heterocycles. The molecule has 4 aromatic rings. The second-order valence-corrected chi connectivity index (χ2v) is 7.32. The number of para-hydroxylation sites is 1. The third-order valence-electron chi connectivity index (χ3n) is 4.68. The molecule has 1 aromatic carbocycles. The van der Waals surface area contributed by atoms with E-state index in [4.69, 9.17) is 0 Å². The number of benzene rings is 1. The van der Waals surface area contributed by atoms with Gasteiger partial charge in [-0.25, -0.2) is 4.98 Å². The first-order valence-electron chi connectivity index (χ1n) is 8.24. The first kappa shape index (κ1) is 15.2. The Balaban J connectivity index is 1.29. The summed E-state index contributed by atoms with van der Waals surface area (Å²) in [5.41, 5.74) is 1.59. The van der Waals surface area contributed by atoms with Crippen molar-refractivity contribution in [3.05, 3.63) is 47.7 Å². The summed E-state index contributed by atoms with van der Waals surface area (Å²) < 4.78 is 2.68. The van der Waals surface area contributed by atoms with Crippen LogP contribution in [0.4, 0.5) is 5.82 Å². The Morgan fingerprint density at radius 3 is 2.92 bits per heavy atom. The summed E-state index contributed by atoms with van der Waals surface area (Å²) in [6.45, 7) is 1.49. The number of rotatable bonds is 3. The predicted octanol–water partition coefficient (Wildman–Crippen LogP) is 1.69. The number of aromatic nitrogens is 5. The minimum absolute atomic E-state index is 0.0296. The summed E-state index contributed by atoms with van der Waals surface area (Å²) in [6.07, 6.45) is 1.58. The van der Waals surface area contributed by atoms with Gasteiger partial charge in [0.25, 0.3) is 5.91 Å². The zero-order valence-electron chi connectivity index (χ0n) is 14.0. The molecule has 8 nitrogen and oxygen atoms in total. The molecule has 0 unspecified atom stereocenters. The molecule has 4 heterocycles. The van der Waals surface area contributed by atoms with Crippen LogP contribution in [0.5, 0.6) is 0 Å². The molecular formula is C17H15N7OS. The van der Waals surface area contributed by atoms with Gasteiger partial charge in [0, 0.05) is 20.1 Å². The van der Waals surface area contributed by atoms with Crippen molar-refractivity contribution in [2.45, 2.75) is 6.04 Å². The van der Waals surface area contributed by atoms with Crippen LogP contribution in [0.2, 0.25) is 0 Å². The lowest BCUT2D eigenvalue weighted by atomic mass is 10.1. The zero-order chi connectivity index (χ0) is 17.7. The fraction of sp³-hybridized carbons (Fsp3) is 0.235. The van der Waals surface area contributed by atoms with E-state index in [0.717, 1.165) is 29.1 Å². The van der Waals surface area contributed by atoms with E-state index in [1.807, 2.05) is 43.4 Å². The molecule has 1 fully saturated rings. The lowest BCUT2D eigenvalue weighted by molar-refractivity contribution is 0.0705. The van der Waals surface area contributed by atoms with Gasteiger partial charge in [-0.1, -0.05) is 12.1 Å². The molecule has 0 bridgehead atoms. The first-order valence-corrected chi connectivity index (χ1v) is 9.05. The minimum atomic E-state index is -0.0296. The molecule has 5 rings (SSSR count). The molecule has 1 amide bonds. The quantitative estimate of drug-likeness (QED) is 0.550. The molecule has 1 aliphatic heterocycles. The van der Waals surface area contributed by atoms with Crippen LogP contribution < -0.4 is 4.90 Å². The van der Waals surface area contributed by atoms with Crippen molar-refractivity contribution in [1.29, 1.82) is 0 Å². The van der Waals surface area contributed by atoms with Crippen LogP contribution in [0.3, 0.4) is 0 Å². The Morgan fingerprint density at radius 1 is 1.23 bits per heavy atom. The summed E-state index contributed by atoms with van der Waals surface area (Å²) >= 11 is 1.44. The molecule has 0 N–H and O–H groups in total. The second-order valence-electron chi connectivity index (χ2n) is 6.29. The van der Waals surface area contributed by atoms with E-state index in [9.17, 15) is 4.79 Å². The van der Waals surface area contributed by atoms with Crippen molar-refractivity contribution in [2.24, 2.45) is 0 Å². The molecule has 1 saturated heterocycles. The van der Waals surface area contributed by atoms with Crippen LogP contribution in [-0.2, 0) is 0 Å². The smallest absolute Gasteiger partial charge is 0.282 e. The number of thiazole rings is 1. The topological polar surface area (TPSA) is 79.5 Å². The van der Waals surface area contributed by atoms with Crippen LogP contribution in [-0.4, -0.2) is 61.8 Å². The van der Waals surface area contributed by atoms with Gasteiger partial charge in [-0.05, 0) is 24.3 Å². The lowest BCUT2D eigenvalue weighted by Crippen LogP contribution is -2.60. The number of carbonyl (C=O) groups is 1. The molecule has 0 spiro atoms. The van der Waals surface area contributed by atoms with Gasteiger partial charge in [0.05, 0.1) is 16.3 Å². The number of hydrogen-bond donors (Lipinski definition) is 0. The van der Waals surface area contributed by atoms with Crippen LogP contribution in [0.15, 0.2) is 42.7 Å². The van der Waals surface area contributed by atoms with Crippen LogP contribution in [0.1, 0.15) is 9.80 Å². The van der Waals surface area contributed by atoms with E-state index in [-0.39, 0.29) is 11.9 Å². The Hall–Kier alpha value is -3.07. The average molecular weight is 365 g/mol. The zero-order valence-corrected chi connectivity index (χ0v) is 14.8. The standard InChI is InChI=1S/C17H15N7OS/c1-22(17(25)16-19-12-4-2-3-5-13(12)26-16)11-8-23(9-11)15-7-6-14-20-18-10-24(14)21-15/h2-7,10-11H,8-9H2,1H3. The largest absolute Gasteiger partial charge is 0.351 e. The number of anilines is 1. The van der Waals surface area contributed by atoms with E-state index in [2.05, 4.69) is 25.2 Å². The van der Waals surface area contributed by atoms with E-state index in [1.165, 1.54) is 11.3 Å². The highest BCUT2D eigenvalue weighted by atomic mass is 32.1. The van der Waals surface area contributed by atoms with Crippen molar-refractivity contribution in [2.75, 3.05) is 25.0 Å². The summed E-state index contributed by atoms with van der Waals surface area (Å²) in [6, 6.07) is 11.8. The van der Waals surface area contributed by atoms with Crippen molar-refractivity contribution < 1.29 is 4.79 Å². The summed E-state index contributed by atoms with van der Waals surface area (Å²) in [4.78, 5) is 21.1. The van der Waals surface area contributed by atoms with Gasteiger partial charge in [-0.2, -0.15) is 4.52 Å². The van der Waals surface area contributed by atoms with Gasteiger partial charge >= 0.3 is 0 Å². The highest BCUT2D eigenvalue weighted by Crippen LogP contribution is 2.26. The van der Waals surface area contributed by atoms with Crippen molar-refractivity contribution in [3.8, 4) is 0 Å². The fourth-order valence-electron chi connectivity index (χ4n) is 3.05. The van der Waals surface area contributed by atoms with E-state index >= 15 is 0 Å². The molecular weight excluding hydrogens is 350 g/mol. The molecule has 9 heteroatoms. The Morgan fingerprint density at radius 2 is 2.08 bits per heavy atom. The summed E-state index contributed by atoms with van der Waals surface area (Å²) in [7, 11) is 1.84. The van der Waals surface area contributed by atoms with E-state index < -0.39 is 0 Å². The van der Waals surface area contributed by atoms with Crippen molar-refractivity contribution >= 4 is 38.9 Å². The van der Waals surface area contributed by atoms with Gasteiger partial charge in [-0.15, -0.1) is 26.6 Å². The second kappa shape index (κ2) is 5.73. The first-order chi connectivity index (χ1) is 12.7. The van der Waals surface area contributed by atoms with Gasteiger partial charge in [-0.3, -0.25) is 4.79 Å². The molecule has 0 atom stereocenters. The highest BCUT2D eigenvalue weighted by molar-refractivity contribution is 7.20. The molecule has 0 saturated carbocycles. The number of amides is 1. The maximum Gasteiger partial charge on any atom is 0.282 e. The van der Waals surface area contributed by atoms with Crippen LogP contribution >= 0.6 is 11.3 Å². The normalized spacial score (nSPS) is 14.7. The van der Waals surface area contributed by atoms with Gasteiger partial charge in [0.15, 0.2) is 10.7 Å². The predicted molar refractivity (Wildman–Crippen MR) is 98.5 cm³/mol. The third kappa shape index (κ3) is 2.39. The number of fused-ring (bicyclic) bond motifs is 2. The molecule has 26 heavy (non-hydrogen) atoms. The molecule has 0 aliphatic carbocycles. The van der Waals surface area contributed by atoms with Crippen molar-refractivity contribution in [3.63, 3.8) is 0 Å². The minimum Gasteiger partial charge on any atom is -0.351 e. The Bertz CT molecular complexity index is 1080. The maximum atomic E-state index is 12.8. The highest BCUT2D eigenvalue weighted by Gasteiger charge is 2.34. The average Bonchev–Trinajstić information content (AvgIpc) is 3.25. The monoisotopic (exact) mass is 365 g/mol. The molecule has 130 valence electrons. The molecule has 1 aliphatic rings. The number of carbonyl (C=O) groups excluding carboxylic acids is 1. The maximum absolute atomic E-state index is 12.8. The van der Waals surface area contributed by atoms with Gasteiger partial charge in [0.2, 0.25) is 0 Å². The summed E-state index contributed by atoms with van der Waals surface area (Å²) in [5.74, 6) is 0.826. The van der Waals surface area contributed by atoms with Crippen LogP contribution in [0.25, 0.3) is 15.9 Å². The SMILES string of the molecule is CN(C(=O)c1nc2ccccc2s1)C1CN(c2ccc3nncn3n2)C1. The van der Waals surface area contributed by atoms with E-state index in [0.29, 0.717) is 10.7 Å². The molecule has 0 radical (unpaired) electrons. The van der Waals surface area contributed by atoms with Crippen LogP contribution in [0, 0.1) is 0 Å². The Kier molecular flexibility index (Phi) is 3.35. The van der Waals surface area contributed by atoms with Crippen molar-refractivity contribution in [1.82, 2.24) is 29.7 Å².